The molecule has 0 aromatic heterocycles. The summed E-state index contributed by atoms with van der Waals surface area (Å²) in [6.45, 7) is -5.05. The minimum Gasteiger partial charge on any atom is -0.477 e. The Balaban J connectivity index is 0.946. The van der Waals surface area contributed by atoms with Gasteiger partial charge in [0.1, 0.15) is 256 Å². The number of carboxylic acids is 1. The van der Waals surface area contributed by atoms with Gasteiger partial charge in [-0.2, -0.15) is 0 Å². The van der Waals surface area contributed by atoms with E-state index in [2.05, 4.69) is 31.9 Å². The summed E-state index contributed by atoms with van der Waals surface area (Å²) in [5.41, 5.74) is 0. The van der Waals surface area contributed by atoms with Crippen molar-refractivity contribution < 1.29 is 286 Å². The second-order valence-electron chi connectivity index (χ2n) is 36.7. The number of hydrogen-bond acceptors (Lipinski definition) is 57. The van der Waals surface area contributed by atoms with Gasteiger partial charge in [-0.05, 0) is 6.92 Å². The predicted octanol–water partition coefficient (Wildman–Crippen LogP) is -23.9. The number of carbonyl (C=O) groups excluding carboxylic acids is 6. The van der Waals surface area contributed by atoms with Crippen molar-refractivity contribution in [1.82, 2.24) is 31.9 Å². The molecule has 11 fully saturated rings. The first-order valence-electron chi connectivity index (χ1n) is 46.1. The Kier molecular flexibility index (Phi) is 42.7. The van der Waals surface area contributed by atoms with Crippen LogP contribution in [0.4, 0.5) is 0 Å². The maximum Gasteiger partial charge on any atom is 0.364 e. The Morgan fingerprint density at radius 3 is 1.09 bits per heavy atom. The zero-order chi connectivity index (χ0) is 107. The van der Waals surface area contributed by atoms with E-state index in [9.17, 15) is 187 Å². The van der Waals surface area contributed by atoms with E-state index in [0.717, 1.165) is 41.5 Å². The van der Waals surface area contributed by atoms with Crippen LogP contribution in [-0.4, -0.2) is 604 Å². The molecule has 145 heavy (non-hydrogen) atoms. The third-order valence-electron chi connectivity index (χ3n) is 26.3. The average Bonchev–Trinajstić information content (AvgIpc) is 0.763. The van der Waals surface area contributed by atoms with Crippen LogP contribution < -0.4 is 31.9 Å². The molecule has 6 amide bonds. The van der Waals surface area contributed by atoms with Crippen molar-refractivity contribution >= 4 is 41.4 Å². The second-order valence-corrected chi connectivity index (χ2v) is 36.7. The molecule has 11 heterocycles. The van der Waals surface area contributed by atoms with Crippen molar-refractivity contribution in [3.63, 3.8) is 0 Å². The molecule has 36 N–H and O–H groups in total. The molecule has 11 saturated heterocycles. The van der Waals surface area contributed by atoms with E-state index in [1.165, 1.54) is 6.92 Å². The Labute approximate surface area is 821 Å². The average molecular weight is 2120 g/mol. The van der Waals surface area contributed by atoms with Gasteiger partial charge in [0.2, 0.25) is 35.4 Å². The van der Waals surface area contributed by atoms with Crippen LogP contribution in [0, 0.1) is 0 Å². The molecule has 0 radical (unpaired) electrons. The molecular formula is C81H134N6O58. The smallest absolute Gasteiger partial charge is 0.364 e. The van der Waals surface area contributed by atoms with Crippen molar-refractivity contribution in [1.29, 1.82) is 0 Å². The first kappa shape index (κ1) is 120. The molecule has 11 rings (SSSR count). The fourth-order valence-electron chi connectivity index (χ4n) is 18.7. The maximum absolute atomic E-state index is 13.4. The van der Waals surface area contributed by atoms with E-state index < -0.39 is 457 Å². The van der Waals surface area contributed by atoms with Crippen molar-refractivity contribution in [3.05, 3.63) is 0 Å². The minimum absolute atomic E-state index is 0.835. The van der Waals surface area contributed by atoms with Crippen LogP contribution in [0.2, 0.25) is 0 Å². The molecule has 56 atom stereocenters. The van der Waals surface area contributed by atoms with E-state index in [0.29, 0.717) is 0 Å². The Bertz CT molecular complexity index is 4140. The normalized spacial score (nSPS) is 47.2. The molecule has 0 aliphatic carbocycles. The third kappa shape index (κ3) is 27.0. The number of aliphatic carboxylic acids is 1. The molecule has 64 nitrogen and oxygen atoms in total. The zero-order valence-corrected chi connectivity index (χ0v) is 78.4. The van der Waals surface area contributed by atoms with Gasteiger partial charge < -0.3 is 285 Å². The molecule has 0 aromatic carbocycles. The highest BCUT2D eigenvalue weighted by Crippen LogP contribution is 2.43. The van der Waals surface area contributed by atoms with Gasteiger partial charge in [-0.3, -0.25) is 28.8 Å². The lowest BCUT2D eigenvalue weighted by molar-refractivity contribution is -0.401. The zero-order valence-electron chi connectivity index (χ0n) is 78.4. The highest BCUT2D eigenvalue weighted by molar-refractivity contribution is 5.77. The van der Waals surface area contributed by atoms with Gasteiger partial charge in [0.05, 0.1) is 84.3 Å². The summed E-state index contributed by atoms with van der Waals surface area (Å²) in [4.78, 5) is 90.4. The van der Waals surface area contributed by atoms with Crippen LogP contribution in [0.5, 0.6) is 0 Å². The minimum atomic E-state index is -3.35. The SMILES string of the molecule is CC(=O)N[C@@H]1[C@@H](O)[C@H](O[C@@H]2O[C@H](CO)[C@@H](O[C@@H]3O[C@H](CO[C@H]4O[C@H](CO[C@@H]5O[C@H](CO)[C@@H](O)[C@H](O)[C@H]5NC(C)=O)[C@@H](O)[C@H](O)[C@@H]4O[C@@H]4O[C@H](CO)[C@@H](O)[C@H](O)[C@H]4NC(C)=O)[C@@H](O)[C@H](O[C@H]4O[C@H](CO)[C@@H](O)[C@H](O)[C@@H]4O[C@@H]4O[C@H](CO)[C@@H](O[C@@H]5O[C@H](CO)[C@H](O)[C@H](O[C@]6(C(=O)O)C[C@H](O)[C@@H](NC(C)=O)[C@H]([C@H](O)[C@H](O)CO)O6)[C@H]5O)[C@H](O)[C@H]4NC(C)=O)[C@@H]3O)[C@H](O)[C@H]2NC(C)=O)[C@@H](CO[C@@H]2O[C@@H](C)[C@@H](O)[C@@H](O)[C@@H]2O)O[C@H]1O. The fourth-order valence-corrected chi connectivity index (χ4v) is 18.7. The highest BCUT2D eigenvalue weighted by Gasteiger charge is 2.65. The van der Waals surface area contributed by atoms with E-state index in [4.69, 9.17) is 99.5 Å². The molecule has 0 saturated carbocycles. The van der Waals surface area contributed by atoms with Gasteiger partial charge in [-0.25, -0.2) is 4.79 Å². The second kappa shape index (κ2) is 51.8. The summed E-state index contributed by atoms with van der Waals surface area (Å²) >= 11 is 0. The van der Waals surface area contributed by atoms with Crippen LogP contribution in [0.1, 0.15) is 54.9 Å². The number of aliphatic hydroxyl groups is 29. The van der Waals surface area contributed by atoms with E-state index in [-0.39, 0.29) is 0 Å². The lowest BCUT2D eigenvalue weighted by Crippen LogP contribution is -2.71. The maximum atomic E-state index is 13.4. The fraction of sp³-hybridized carbons (Fsp3) is 0.914. The van der Waals surface area contributed by atoms with Crippen LogP contribution in [-0.2, 0) is 133 Å². The number of nitrogens with one attached hydrogen (secondary N) is 6. The number of ether oxygens (including phenoxy) is 21. The largest absolute Gasteiger partial charge is 0.477 e. The number of aliphatic hydroxyl groups excluding tert-OH is 29. The van der Waals surface area contributed by atoms with Gasteiger partial charge in [0.15, 0.2) is 62.9 Å². The van der Waals surface area contributed by atoms with Crippen molar-refractivity contribution in [2.45, 2.75) is 398 Å². The molecule has 11 aliphatic rings. The predicted molar refractivity (Wildman–Crippen MR) is 448 cm³/mol. The van der Waals surface area contributed by atoms with Gasteiger partial charge in [0, 0.05) is 48.0 Å². The lowest BCUT2D eigenvalue weighted by atomic mass is 9.88. The number of rotatable bonds is 39. The molecule has 11 aliphatic heterocycles. The molecular weight excluding hydrogens is 1980 g/mol. The summed E-state index contributed by atoms with van der Waals surface area (Å²) in [5.74, 6) is -11.3. The molecule has 0 bridgehead atoms. The quantitative estimate of drug-likeness (QED) is 0.0272. The van der Waals surface area contributed by atoms with Crippen LogP contribution in [0.15, 0.2) is 0 Å². The molecule has 64 heteroatoms. The number of carbonyl (C=O) groups is 7. The van der Waals surface area contributed by atoms with Crippen molar-refractivity contribution in [3.8, 4) is 0 Å². The Morgan fingerprint density at radius 2 is 0.621 bits per heavy atom. The monoisotopic (exact) mass is 2120 g/mol. The Hall–Kier alpha value is -5.71. The topological polar surface area (TPSA) is 992 Å². The summed E-state index contributed by atoms with van der Waals surface area (Å²) in [5, 5.41) is 355. The van der Waals surface area contributed by atoms with Gasteiger partial charge in [0.25, 0.3) is 5.79 Å². The summed E-state index contributed by atoms with van der Waals surface area (Å²) in [7, 11) is 0. The van der Waals surface area contributed by atoms with E-state index in [1.807, 2.05) is 0 Å². The number of hydrogen-bond donors (Lipinski definition) is 36. The summed E-state index contributed by atoms with van der Waals surface area (Å²) in [6, 6.07) is -11.5. The standard InChI is InChI=1S/C81H134N6O58/c1-19-43(103)56(116)59(119)75(128-19)126-18-36-64(53(113)38(70(122)129-36)83-21(3)96)138-73-41(86-24(6)99)54(114)62(32(14-93)134-73)139-76-60(120)66(50(110)35(136-76)17-127-78-68(142-72-40(85-23(5)98)52(112)46(106)29(11-90)131-72)58(118)48(108)34(137-78)16-125-71-39(84-22(4)97)51(111)45(105)28(10-89)130-71)141-79-69(57(117)47(107)30(12-91)133-79)143-74-42(87-25(7)100)55(115)63(33(15-94)135-74)140-77-61(121)67(49(109)31(13-92)132-77)145-81(80(123)124)8-26(101)37(82-20(2)95)65(144-81)44(104)27(102)9-88/h19,26-79,88-94,101-122H,8-18H2,1-7H3,(H,82,95)(H,83,96)(H,84,97)(H,85,98)(H,86,99)(H,87,100)(H,123,124)/t19-,26-,27+,28+,29+,30+,31+,32+,33+,34+,35+,36+,37+,38+,39+,40+,41+,42+,43+,44+,45+,46+,47+,48+,49-,50+,51+,52+,53+,54+,55+,56+,57-,58-,59-,60-,61+,62+,63+,64+,65+,66-,67-,68-,69-,70+,71+,72-,73-,74-,75+,76-,77-,78-,79+,81-/m0/s1. The number of amides is 6. The Morgan fingerprint density at radius 1 is 0.297 bits per heavy atom. The van der Waals surface area contributed by atoms with Gasteiger partial charge in [-0.1, -0.05) is 0 Å². The molecule has 0 aromatic rings. The van der Waals surface area contributed by atoms with Crippen LogP contribution in [0.3, 0.4) is 0 Å². The molecule has 0 unspecified atom stereocenters. The molecule has 836 valence electrons. The van der Waals surface area contributed by atoms with E-state index in [1.54, 1.807) is 0 Å². The van der Waals surface area contributed by atoms with Crippen LogP contribution >= 0.6 is 0 Å². The van der Waals surface area contributed by atoms with Crippen LogP contribution in [0.25, 0.3) is 0 Å². The summed E-state index contributed by atoms with van der Waals surface area (Å²) < 4.78 is 126. The van der Waals surface area contributed by atoms with Crippen molar-refractivity contribution in [2.24, 2.45) is 0 Å². The summed E-state index contributed by atoms with van der Waals surface area (Å²) in [6.07, 6.45) is -109. The lowest BCUT2D eigenvalue weighted by Gasteiger charge is -2.51. The molecule has 0 spiro atoms. The first-order valence-corrected chi connectivity index (χ1v) is 46.1. The number of carboxylic acid groups (broad SMARTS) is 1. The third-order valence-corrected chi connectivity index (χ3v) is 26.3. The van der Waals surface area contributed by atoms with Gasteiger partial charge in [-0.15, -0.1) is 0 Å². The van der Waals surface area contributed by atoms with Crippen molar-refractivity contribution in [2.75, 3.05) is 66.1 Å². The van der Waals surface area contributed by atoms with E-state index >= 15 is 0 Å². The highest BCUT2D eigenvalue weighted by atomic mass is 16.8. The first-order chi connectivity index (χ1) is 68.3. The van der Waals surface area contributed by atoms with Gasteiger partial charge >= 0.3 is 5.97 Å².